The lowest BCUT2D eigenvalue weighted by Crippen LogP contribution is -2.08. The van der Waals surface area contributed by atoms with E-state index in [1.807, 2.05) is 24.3 Å². The summed E-state index contributed by atoms with van der Waals surface area (Å²) < 4.78 is 11.6. The van der Waals surface area contributed by atoms with Crippen LogP contribution in [0.25, 0.3) is 10.9 Å². The summed E-state index contributed by atoms with van der Waals surface area (Å²) in [5.74, 6) is 2.70. The molecule has 0 saturated heterocycles. The molecule has 0 radical (unpaired) electrons. The molecule has 1 fully saturated rings. The molecule has 0 spiro atoms. The van der Waals surface area contributed by atoms with E-state index in [0.29, 0.717) is 17.4 Å². The maximum atomic E-state index is 5.98. The molecule has 1 aromatic carbocycles. The highest BCUT2D eigenvalue weighted by Crippen LogP contribution is 2.41. The minimum absolute atomic E-state index is 0.545. The molecule has 5 nitrogen and oxygen atoms in total. The van der Waals surface area contributed by atoms with Crippen LogP contribution in [-0.2, 0) is 12.8 Å². The fourth-order valence-electron chi connectivity index (χ4n) is 3.80. The lowest BCUT2D eigenvalue weighted by molar-refractivity contribution is 0.375. The number of nitrogens with one attached hydrogen (secondary N) is 1. The maximum Gasteiger partial charge on any atom is 0.219 e. The number of methoxy groups -OCH3 is 1. The number of ether oxygens (including phenoxy) is 2. The Morgan fingerprint density at radius 1 is 1.15 bits per heavy atom. The highest BCUT2D eigenvalue weighted by Gasteiger charge is 2.25. The largest absolute Gasteiger partial charge is 0.493 e. The van der Waals surface area contributed by atoms with Crippen LogP contribution in [0.2, 0.25) is 0 Å². The number of rotatable bonds is 6. The van der Waals surface area contributed by atoms with Crippen molar-refractivity contribution in [1.82, 2.24) is 9.97 Å². The molecule has 2 heterocycles. The van der Waals surface area contributed by atoms with E-state index in [9.17, 15) is 0 Å². The number of aromatic nitrogens is 2. The summed E-state index contributed by atoms with van der Waals surface area (Å²) in [5, 5.41) is 4.83. The topological polar surface area (TPSA) is 56.3 Å². The van der Waals surface area contributed by atoms with Gasteiger partial charge in [0.1, 0.15) is 0 Å². The van der Waals surface area contributed by atoms with Crippen molar-refractivity contribution in [3.63, 3.8) is 0 Å². The van der Waals surface area contributed by atoms with Gasteiger partial charge >= 0.3 is 0 Å². The normalized spacial score (nSPS) is 15.6. The van der Waals surface area contributed by atoms with Crippen LogP contribution in [0.15, 0.2) is 36.5 Å². The molecule has 0 amide bonds. The summed E-state index contributed by atoms with van der Waals surface area (Å²) in [4.78, 5) is 9.19. The molecule has 0 aliphatic heterocycles. The zero-order valence-corrected chi connectivity index (χ0v) is 15.5. The highest BCUT2D eigenvalue weighted by atomic mass is 16.5. The molecule has 2 aliphatic rings. The average Bonchev–Trinajstić information content (AvgIpc) is 3.41. The lowest BCUT2D eigenvalue weighted by Gasteiger charge is -2.17. The van der Waals surface area contributed by atoms with Crippen molar-refractivity contribution in [2.45, 2.75) is 32.1 Å². The number of hydrogen-bond acceptors (Lipinski definition) is 5. The van der Waals surface area contributed by atoms with Gasteiger partial charge in [-0.3, -0.25) is 4.98 Å². The fourth-order valence-corrected chi connectivity index (χ4v) is 3.80. The van der Waals surface area contributed by atoms with E-state index in [-0.39, 0.29) is 0 Å². The second-order valence-electron chi connectivity index (χ2n) is 7.38. The Kier molecular flexibility index (Phi) is 4.07. The van der Waals surface area contributed by atoms with E-state index < -0.39 is 0 Å². The van der Waals surface area contributed by atoms with Gasteiger partial charge in [0.2, 0.25) is 5.88 Å². The van der Waals surface area contributed by atoms with Gasteiger partial charge < -0.3 is 14.8 Å². The molecule has 1 N–H and O–H groups in total. The predicted molar refractivity (Wildman–Crippen MR) is 106 cm³/mol. The van der Waals surface area contributed by atoms with Crippen LogP contribution in [0.5, 0.6) is 17.4 Å². The van der Waals surface area contributed by atoms with Gasteiger partial charge in [-0.15, -0.1) is 0 Å². The zero-order chi connectivity index (χ0) is 18.2. The van der Waals surface area contributed by atoms with Crippen molar-refractivity contribution in [3.8, 4) is 17.4 Å². The third kappa shape index (κ3) is 3.18. The average molecular weight is 361 g/mol. The first-order chi connectivity index (χ1) is 13.3. The van der Waals surface area contributed by atoms with Crippen LogP contribution in [-0.4, -0.2) is 23.6 Å². The molecular weight excluding hydrogens is 338 g/mol. The minimum atomic E-state index is 0.545. The van der Waals surface area contributed by atoms with Gasteiger partial charge in [-0.2, -0.15) is 0 Å². The van der Waals surface area contributed by atoms with Crippen molar-refractivity contribution < 1.29 is 9.47 Å². The molecule has 0 unspecified atom stereocenters. The number of benzene rings is 1. The first kappa shape index (κ1) is 16.4. The summed E-state index contributed by atoms with van der Waals surface area (Å²) in [5.41, 5.74) is 4.78. The Bertz CT molecular complexity index is 984. The van der Waals surface area contributed by atoms with Gasteiger partial charge in [0.05, 0.1) is 12.6 Å². The third-order valence-electron chi connectivity index (χ3n) is 5.41. The Hall–Kier alpha value is -2.82. The smallest absolute Gasteiger partial charge is 0.219 e. The van der Waals surface area contributed by atoms with E-state index in [0.717, 1.165) is 36.2 Å². The molecule has 3 aromatic rings. The molecule has 5 heteroatoms. The first-order valence-corrected chi connectivity index (χ1v) is 9.68. The van der Waals surface area contributed by atoms with Gasteiger partial charge in [-0.1, -0.05) is 6.07 Å². The minimum Gasteiger partial charge on any atom is -0.493 e. The molecule has 1 saturated carbocycles. The standard InChI is InChI=1S/C22H23N3O2/c1-26-19-11-16-18(12-20(19)27-21-7-2-3-10-23-21)25-17-6-4-5-15(17)22(16)24-13-14-8-9-14/h2-3,7,10-12,14H,4-6,8-9,13H2,1H3,(H,24,25). The molecule has 2 aliphatic carbocycles. The van der Waals surface area contributed by atoms with Crippen molar-refractivity contribution in [2.75, 3.05) is 19.0 Å². The molecule has 138 valence electrons. The molecule has 5 rings (SSSR count). The van der Waals surface area contributed by atoms with Crippen LogP contribution in [0.1, 0.15) is 30.5 Å². The number of fused-ring (bicyclic) bond motifs is 2. The Labute approximate surface area is 158 Å². The number of pyridine rings is 2. The quantitative estimate of drug-likeness (QED) is 0.687. The van der Waals surface area contributed by atoms with Crippen molar-refractivity contribution >= 4 is 16.6 Å². The van der Waals surface area contributed by atoms with Gasteiger partial charge in [0, 0.05) is 41.6 Å². The predicted octanol–water partition coefficient (Wildman–Crippen LogP) is 4.74. The van der Waals surface area contributed by atoms with Crippen molar-refractivity contribution in [1.29, 1.82) is 0 Å². The van der Waals surface area contributed by atoms with Gasteiger partial charge in [0.25, 0.3) is 0 Å². The SMILES string of the molecule is COc1cc2c(NCC3CC3)c3c(nc2cc1Oc1ccccn1)CCC3. The van der Waals surface area contributed by atoms with Crippen molar-refractivity contribution in [3.05, 3.63) is 47.8 Å². The Morgan fingerprint density at radius 2 is 2.07 bits per heavy atom. The highest BCUT2D eigenvalue weighted by molar-refractivity contribution is 5.96. The Balaban J connectivity index is 1.60. The van der Waals surface area contributed by atoms with Gasteiger partial charge in [0.15, 0.2) is 11.5 Å². The summed E-state index contributed by atoms with van der Waals surface area (Å²) in [6.07, 6.45) is 7.71. The number of nitrogens with zero attached hydrogens (tertiary/aromatic N) is 2. The van der Waals surface area contributed by atoms with E-state index >= 15 is 0 Å². The second kappa shape index (κ2) is 6.72. The summed E-state index contributed by atoms with van der Waals surface area (Å²) in [6, 6.07) is 9.63. The van der Waals surface area contributed by atoms with E-state index in [1.165, 1.54) is 36.2 Å². The van der Waals surface area contributed by atoms with Crippen molar-refractivity contribution in [2.24, 2.45) is 5.92 Å². The number of aryl methyl sites for hydroxylation is 1. The summed E-state index contributed by atoms with van der Waals surface area (Å²) in [6.45, 7) is 1.04. The van der Waals surface area contributed by atoms with Crippen LogP contribution in [0.3, 0.4) is 0 Å². The maximum absolute atomic E-state index is 5.98. The van der Waals surface area contributed by atoms with Crippen LogP contribution < -0.4 is 14.8 Å². The first-order valence-electron chi connectivity index (χ1n) is 9.68. The summed E-state index contributed by atoms with van der Waals surface area (Å²) >= 11 is 0. The van der Waals surface area contributed by atoms with Crippen LogP contribution in [0, 0.1) is 5.92 Å². The van der Waals surface area contributed by atoms with E-state index in [2.05, 4.69) is 16.4 Å². The van der Waals surface area contributed by atoms with E-state index in [4.69, 9.17) is 14.5 Å². The molecular formula is C22H23N3O2. The fraction of sp³-hybridized carbons (Fsp3) is 0.364. The molecule has 0 atom stereocenters. The molecule has 0 bridgehead atoms. The van der Waals surface area contributed by atoms with Gasteiger partial charge in [-0.25, -0.2) is 4.98 Å². The van der Waals surface area contributed by atoms with Gasteiger partial charge in [-0.05, 0) is 55.7 Å². The lowest BCUT2D eigenvalue weighted by atomic mass is 10.1. The Morgan fingerprint density at radius 3 is 2.85 bits per heavy atom. The van der Waals surface area contributed by atoms with Crippen LogP contribution >= 0.6 is 0 Å². The summed E-state index contributed by atoms with van der Waals surface area (Å²) in [7, 11) is 1.67. The molecule has 2 aromatic heterocycles. The van der Waals surface area contributed by atoms with Crippen LogP contribution in [0.4, 0.5) is 5.69 Å². The number of hydrogen-bond donors (Lipinski definition) is 1. The zero-order valence-electron chi connectivity index (χ0n) is 15.5. The third-order valence-corrected chi connectivity index (χ3v) is 5.41. The monoisotopic (exact) mass is 361 g/mol. The second-order valence-corrected chi connectivity index (χ2v) is 7.38. The number of anilines is 1. The van der Waals surface area contributed by atoms with E-state index in [1.54, 1.807) is 13.3 Å². The molecule has 27 heavy (non-hydrogen) atoms.